The van der Waals surface area contributed by atoms with Crippen molar-refractivity contribution in [2.45, 2.75) is 45.3 Å². The molecule has 20 heavy (non-hydrogen) atoms. The standard InChI is InChI=1S/C15H23N3O2/c1-15(2,3)18-13(19)9-12(14(16)20)17-10-11-7-5-4-6-8-11/h4-8,12,17H,9-10H2,1-3H3,(H2,16,20)(H,18,19). The monoisotopic (exact) mass is 277 g/mol. The highest BCUT2D eigenvalue weighted by atomic mass is 16.2. The Labute approximate surface area is 119 Å². The molecule has 0 saturated carbocycles. The van der Waals surface area contributed by atoms with Crippen molar-refractivity contribution in [1.29, 1.82) is 0 Å². The second-order valence-electron chi connectivity index (χ2n) is 5.82. The number of primary amides is 1. The number of amides is 2. The Hall–Kier alpha value is -1.88. The van der Waals surface area contributed by atoms with Gasteiger partial charge in [-0.15, -0.1) is 0 Å². The smallest absolute Gasteiger partial charge is 0.235 e. The van der Waals surface area contributed by atoms with Crippen molar-refractivity contribution in [3.05, 3.63) is 35.9 Å². The molecule has 0 spiro atoms. The fraction of sp³-hybridized carbons (Fsp3) is 0.467. The van der Waals surface area contributed by atoms with Crippen LogP contribution in [0.25, 0.3) is 0 Å². The molecule has 5 nitrogen and oxygen atoms in total. The van der Waals surface area contributed by atoms with Crippen molar-refractivity contribution in [2.24, 2.45) is 5.73 Å². The van der Waals surface area contributed by atoms with Crippen LogP contribution >= 0.6 is 0 Å². The fourth-order valence-corrected chi connectivity index (χ4v) is 1.76. The zero-order chi connectivity index (χ0) is 15.2. The van der Waals surface area contributed by atoms with Crippen molar-refractivity contribution in [3.63, 3.8) is 0 Å². The van der Waals surface area contributed by atoms with E-state index >= 15 is 0 Å². The van der Waals surface area contributed by atoms with Crippen LogP contribution in [0.15, 0.2) is 30.3 Å². The third kappa shape index (κ3) is 6.33. The molecule has 1 atom stereocenters. The lowest BCUT2D eigenvalue weighted by Crippen LogP contribution is -2.47. The van der Waals surface area contributed by atoms with Gasteiger partial charge in [0.15, 0.2) is 0 Å². The van der Waals surface area contributed by atoms with Gasteiger partial charge in [-0.1, -0.05) is 30.3 Å². The molecule has 1 rings (SSSR count). The molecule has 0 aromatic heterocycles. The van der Waals surface area contributed by atoms with Crippen LogP contribution in [0.1, 0.15) is 32.8 Å². The molecule has 0 aliphatic heterocycles. The number of hydrogen-bond acceptors (Lipinski definition) is 3. The number of carbonyl (C=O) groups is 2. The van der Waals surface area contributed by atoms with Gasteiger partial charge >= 0.3 is 0 Å². The first-order valence-corrected chi connectivity index (χ1v) is 6.65. The van der Waals surface area contributed by atoms with Gasteiger partial charge in [-0.2, -0.15) is 0 Å². The molecule has 0 saturated heterocycles. The van der Waals surface area contributed by atoms with E-state index in [-0.39, 0.29) is 17.9 Å². The third-order valence-corrected chi connectivity index (χ3v) is 2.64. The SMILES string of the molecule is CC(C)(C)NC(=O)CC(NCc1ccccc1)C(N)=O. The van der Waals surface area contributed by atoms with Crippen LogP contribution in [0.5, 0.6) is 0 Å². The zero-order valence-electron chi connectivity index (χ0n) is 12.3. The Bertz CT molecular complexity index is 452. The van der Waals surface area contributed by atoms with Gasteiger partial charge in [0.1, 0.15) is 0 Å². The Balaban J connectivity index is 2.53. The number of hydrogen-bond donors (Lipinski definition) is 3. The van der Waals surface area contributed by atoms with Crippen LogP contribution in [0, 0.1) is 0 Å². The van der Waals surface area contributed by atoms with Crippen LogP contribution in [0.4, 0.5) is 0 Å². The lowest BCUT2D eigenvalue weighted by atomic mass is 10.1. The Morgan fingerprint density at radius 3 is 2.30 bits per heavy atom. The fourth-order valence-electron chi connectivity index (χ4n) is 1.76. The van der Waals surface area contributed by atoms with Gasteiger partial charge in [-0.3, -0.25) is 9.59 Å². The Morgan fingerprint density at radius 1 is 1.20 bits per heavy atom. The summed E-state index contributed by atoms with van der Waals surface area (Å²) in [6.07, 6.45) is 0.0411. The number of benzene rings is 1. The Morgan fingerprint density at radius 2 is 1.80 bits per heavy atom. The zero-order valence-corrected chi connectivity index (χ0v) is 12.3. The number of nitrogens with one attached hydrogen (secondary N) is 2. The summed E-state index contributed by atoms with van der Waals surface area (Å²) in [6, 6.07) is 8.98. The molecule has 0 radical (unpaired) electrons. The summed E-state index contributed by atoms with van der Waals surface area (Å²) < 4.78 is 0. The predicted octanol–water partition coefficient (Wildman–Crippen LogP) is 0.935. The van der Waals surface area contributed by atoms with E-state index in [1.54, 1.807) is 0 Å². The molecule has 0 aliphatic carbocycles. The minimum atomic E-state index is -0.669. The first kappa shape index (κ1) is 16.2. The maximum atomic E-state index is 11.8. The lowest BCUT2D eigenvalue weighted by Gasteiger charge is -2.22. The summed E-state index contributed by atoms with van der Waals surface area (Å²) in [5.41, 5.74) is 6.05. The van der Waals surface area contributed by atoms with E-state index in [1.165, 1.54) is 0 Å². The van der Waals surface area contributed by atoms with Crippen LogP contribution in [-0.4, -0.2) is 23.4 Å². The van der Waals surface area contributed by atoms with Gasteiger partial charge in [0.2, 0.25) is 11.8 Å². The topological polar surface area (TPSA) is 84.2 Å². The molecule has 0 heterocycles. The van der Waals surface area contributed by atoms with Crippen LogP contribution in [0.3, 0.4) is 0 Å². The highest BCUT2D eigenvalue weighted by Crippen LogP contribution is 2.03. The molecular formula is C15H23N3O2. The van der Waals surface area contributed by atoms with E-state index in [9.17, 15) is 9.59 Å². The van der Waals surface area contributed by atoms with Crippen molar-refractivity contribution < 1.29 is 9.59 Å². The largest absolute Gasteiger partial charge is 0.368 e. The van der Waals surface area contributed by atoms with Gasteiger partial charge in [0.25, 0.3) is 0 Å². The van der Waals surface area contributed by atoms with Crippen LogP contribution < -0.4 is 16.4 Å². The number of rotatable bonds is 6. The second kappa shape index (κ2) is 7.05. The van der Waals surface area contributed by atoms with E-state index in [1.807, 2.05) is 51.1 Å². The average molecular weight is 277 g/mol. The molecule has 5 heteroatoms. The molecule has 1 unspecified atom stereocenters. The second-order valence-corrected chi connectivity index (χ2v) is 5.82. The molecular weight excluding hydrogens is 254 g/mol. The third-order valence-electron chi connectivity index (χ3n) is 2.64. The normalized spacial score (nSPS) is 12.8. The van der Waals surface area contributed by atoms with E-state index in [4.69, 9.17) is 5.73 Å². The summed E-state index contributed by atoms with van der Waals surface area (Å²) in [7, 11) is 0. The van der Waals surface area contributed by atoms with E-state index < -0.39 is 11.9 Å². The molecule has 110 valence electrons. The minimum absolute atomic E-state index is 0.0411. The van der Waals surface area contributed by atoms with Crippen LogP contribution in [0.2, 0.25) is 0 Å². The quantitative estimate of drug-likeness (QED) is 0.723. The van der Waals surface area contributed by atoms with Crippen molar-refractivity contribution >= 4 is 11.8 Å². The number of carbonyl (C=O) groups excluding carboxylic acids is 2. The van der Waals surface area contributed by atoms with Gasteiger partial charge < -0.3 is 16.4 Å². The highest BCUT2D eigenvalue weighted by Gasteiger charge is 2.21. The number of nitrogens with two attached hydrogens (primary N) is 1. The van der Waals surface area contributed by atoms with Crippen LogP contribution in [-0.2, 0) is 16.1 Å². The van der Waals surface area contributed by atoms with Crippen molar-refractivity contribution in [1.82, 2.24) is 10.6 Å². The maximum Gasteiger partial charge on any atom is 0.235 e. The predicted molar refractivity (Wildman–Crippen MR) is 78.8 cm³/mol. The lowest BCUT2D eigenvalue weighted by molar-refractivity contribution is -0.127. The first-order valence-electron chi connectivity index (χ1n) is 6.65. The molecule has 4 N–H and O–H groups in total. The maximum absolute atomic E-state index is 11.8. The molecule has 0 fully saturated rings. The summed E-state index contributed by atoms with van der Waals surface area (Å²) >= 11 is 0. The summed E-state index contributed by atoms with van der Waals surface area (Å²) in [5, 5.41) is 5.83. The van der Waals surface area contributed by atoms with Crippen molar-refractivity contribution in [3.8, 4) is 0 Å². The summed E-state index contributed by atoms with van der Waals surface area (Å²) in [5.74, 6) is -0.716. The van der Waals surface area contributed by atoms with Gasteiger partial charge in [0, 0.05) is 12.1 Å². The van der Waals surface area contributed by atoms with Crippen molar-refractivity contribution in [2.75, 3.05) is 0 Å². The van der Waals surface area contributed by atoms with E-state index in [0.29, 0.717) is 6.54 Å². The van der Waals surface area contributed by atoms with E-state index in [2.05, 4.69) is 10.6 Å². The molecule has 2 amide bonds. The molecule has 0 bridgehead atoms. The summed E-state index contributed by atoms with van der Waals surface area (Å²) in [6.45, 7) is 6.17. The van der Waals surface area contributed by atoms with E-state index in [0.717, 1.165) is 5.56 Å². The first-order chi connectivity index (χ1) is 9.28. The molecule has 1 aromatic carbocycles. The minimum Gasteiger partial charge on any atom is -0.368 e. The van der Waals surface area contributed by atoms with Gasteiger partial charge in [-0.05, 0) is 26.3 Å². The Kier molecular flexibility index (Phi) is 5.70. The molecule has 0 aliphatic rings. The molecule has 1 aromatic rings. The van der Waals surface area contributed by atoms with Gasteiger partial charge in [-0.25, -0.2) is 0 Å². The summed E-state index contributed by atoms with van der Waals surface area (Å²) in [4.78, 5) is 23.2. The average Bonchev–Trinajstić information content (AvgIpc) is 2.33. The highest BCUT2D eigenvalue weighted by molar-refractivity contribution is 5.87. The van der Waals surface area contributed by atoms with Gasteiger partial charge in [0.05, 0.1) is 12.5 Å².